The van der Waals surface area contributed by atoms with Crippen molar-refractivity contribution in [3.63, 3.8) is 0 Å². The lowest BCUT2D eigenvalue weighted by Crippen LogP contribution is -2.38. The second-order valence-corrected chi connectivity index (χ2v) is 6.08. The van der Waals surface area contributed by atoms with Crippen molar-refractivity contribution in [3.05, 3.63) is 0 Å². The zero-order valence-electron chi connectivity index (χ0n) is 13.5. The summed E-state index contributed by atoms with van der Waals surface area (Å²) in [5.74, 6) is 0.950. The number of nitrogens with zero attached hydrogens (tertiary/aromatic N) is 4. The van der Waals surface area contributed by atoms with Crippen LogP contribution in [0.15, 0.2) is 20.2 Å². The number of rotatable bonds is 2. The van der Waals surface area contributed by atoms with Crippen LogP contribution in [0.4, 0.5) is 0 Å². The van der Waals surface area contributed by atoms with E-state index in [1.165, 1.54) is 0 Å². The molecular formula is C13H28Cl2N6. The molecule has 21 heavy (non-hydrogen) atoms. The van der Waals surface area contributed by atoms with Gasteiger partial charge in [0.25, 0.3) is 0 Å². The van der Waals surface area contributed by atoms with Crippen LogP contribution in [0.3, 0.4) is 0 Å². The molecule has 0 aromatic carbocycles. The molecule has 2 aliphatic heterocycles. The topological polar surface area (TPSA) is 73.5 Å². The number of amidine groups is 1. The summed E-state index contributed by atoms with van der Waals surface area (Å²) < 4.78 is 0. The predicted molar refractivity (Wildman–Crippen MR) is 94.9 cm³/mol. The molecule has 0 fully saturated rings. The lowest BCUT2D eigenvalue weighted by molar-refractivity contribution is 0.499. The van der Waals surface area contributed by atoms with Crippen molar-refractivity contribution in [2.75, 3.05) is 26.2 Å². The Labute approximate surface area is 140 Å². The first-order chi connectivity index (χ1) is 8.81. The van der Waals surface area contributed by atoms with E-state index in [0.29, 0.717) is 0 Å². The van der Waals surface area contributed by atoms with Gasteiger partial charge in [-0.05, 0) is 34.6 Å². The second-order valence-electron chi connectivity index (χ2n) is 6.08. The van der Waals surface area contributed by atoms with Crippen molar-refractivity contribution >= 4 is 37.0 Å². The number of hydrogen-bond acceptors (Lipinski definition) is 6. The molecular weight excluding hydrogens is 311 g/mol. The minimum absolute atomic E-state index is 0. The molecule has 0 spiro atoms. The van der Waals surface area contributed by atoms with Gasteiger partial charge >= 0.3 is 0 Å². The smallest absolute Gasteiger partial charge is 0.132 e. The standard InChI is InChI=1S/C10H20N4.C3H6N2.2ClH/c1-9(2,3)13-14-10(4,5)8-11-6-7-12-8;1-2-5-3-4-1;;/h6-7H2,1-5H3,(H,11,12);3H,1-2H2,(H,4,5);2*1H. The highest BCUT2D eigenvalue weighted by Crippen LogP contribution is 2.17. The van der Waals surface area contributed by atoms with E-state index in [2.05, 4.69) is 30.8 Å². The van der Waals surface area contributed by atoms with Crippen molar-refractivity contribution < 1.29 is 0 Å². The highest BCUT2D eigenvalue weighted by molar-refractivity contribution is 5.92. The molecule has 0 saturated carbocycles. The van der Waals surface area contributed by atoms with Crippen LogP contribution in [-0.2, 0) is 0 Å². The Morgan fingerprint density at radius 2 is 1.67 bits per heavy atom. The third-order valence-corrected chi connectivity index (χ3v) is 2.42. The fourth-order valence-electron chi connectivity index (χ4n) is 1.45. The van der Waals surface area contributed by atoms with E-state index in [4.69, 9.17) is 0 Å². The number of hydrogen-bond donors (Lipinski definition) is 2. The van der Waals surface area contributed by atoms with Gasteiger partial charge in [0, 0.05) is 13.1 Å². The van der Waals surface area contributed by atoms with E-state index in [9.17, 15) is 0 Å². The minimum atomic E-state index is -0.316. The van der Waals surface area contributed by atoms with Crippen molar-refractivity contribution in [2.24, 2.45) is 20.2 Å². The average Bonchev–Trinajstić information content (AvgIpc) is 3.01. The zero-order chi connectivity index (χ0) is 14.4. The summed E-state index contributed by atoms with van der Waals surface area (Å²) in [6.45, 7) is 13.9. The Morgan fingerprint density at radius 3 is 2.00 bits per heavy atom. The molecule has 0 amide bonds. The van der Waals surface area contributed by atoms with Gasteiger partial charge in [-0.1, -0.05) is 0 Å². The highest BCUT2D eigenvalue weighted by Gasteiger charge is 2.27. The van der Waals surface area contributed by atoms with Crippen molar-refractivity contribution in [1.29, 1.82) is 0 Å². The zero-order valence-corrected chi connectivity index (χ0v) is 15.1. The van der Waals surface area contributed by atoms with Gasteiger partial charge < -0.3 is 10.6 Å². The van der Waals surface area contributed by atoms with Crippen LogP contribution in [0.1, 0.15) is 34.6 Å². The van der Waals surface area contributed by atoms with Gasteiger partial charge in [-0.15, -0.1) is 24.8 Å². The average molecular weight is 339 g/mol. The molecule has 0 bridgehead atoms. The van der Waals surface area contributed by atoms with E-state index < -0.39 is 0 Å². The normalized spacial score (nSPS) is 16.9. The number of azo groups is 1. The first kappa shape index (κ1) is 22.4. The molecule has 2 N–H and O–H groups in total. The Morgan fingerprint density at radius 1 is 1.00 bits per heavy atom. The molecule has 0 aromatic rings. The van der Waals surface area contributed by atoms with E-state index in [1.807, 2.05) is 34.6 Å². The van der Waals surface area contributed by atoms with E-state index in [0.717, 1.165) is 32.0 Å². The Kier molecular flexibility index (Phi) is 10.6. The number of halogens is 2. The van der Waals surface area contributed by atoms with E-state index >= 15 is 0 Å². The van der Waals surface area contributed by atoms with Crippen LogP contribution in [0.25, 0.3) is 0 Å². The molecule has 0 saturated heterocycles. The van der Waals surface area contributed by atoms with Crippen LogP contribution in [-0.4, -0.2) is 49.4 Å². The predicted octanol–water partition coefficient (Wildman–Crippen LogP) is 2.48. The summed E-state index contributed by atoms with van der Waals surface area (Å²) in [4.78, 5) is 8.21. The summed E-state index contributed by atoms with van der Waals surface area (Å²) in [6.07, 6.45) is 1.74. The Bertz CT molecular complexity index is 365. The van der Waals surface area contributed by atoms with Crippen LogP contribution < -0.4 is 10.6 Å². The molecule has 6 nitrogen and oxygen atoms in total. The van der Waals surface area contributed by atoms with E-state index in [1.54, 1.807) is 6.34 Å². The Balaban J connectivity index is 0. The molecule has 0 aromatic heterocycles. The first-order valence-corrected chi connectivity index (χ1v) is 6.76. The van der Waals surface area contributed by atoms with Crippen molar-refractivity contribution in [3.8, 4) is 0 Å². The van der Waals surface area contributed by atoms with Crippen molar-refractivity contribution in [2.45, 2.75) is 45.7 Å². The van der Waals surface area contributed by atoms with E-state index in [-0.39, 0.29) is 35.9 Å². The first-order valence-electron chi connectivity index (χ1n) is 6.76. The largest absolute Gasteiger partial charge is 0.375 e. The summed E-state index contributed by atoms with van der Waals surface area (Å²) >= 11 is 0. The van der Waals surface area contributed by atoms with Gasteiger partial charge in [-0.2, -0.15) is 10.2 Å². The maximum absolute atomic E-state index is 4.36. The quantitative estimate of drug-likeness (QED) is 0.759. The lowest BCUT2D eigenvalue weighted by Gasteiger charge is -2.20. The summed E-state index contributed by atoms with van der Waals surface area (Å²) in [7, 11) is 0. The fraction of sp³-hybridized carbons (Fsp3) is 0.846. The Hall–Kier alpha value is -0.880. The molecule has 0 unspecified atom stereocenters. The number of aliphatic imine (C=N–C) groups is 2. The third-order valence-electron chi connectivity index (χ3n) is 2.42. The maximum Gasteiger partial charge on any atom is 0.132 e. The summed E-state index contributed by atoms with van der Waals surface area (Å²) in [6, 6.07) is 0. The van der Waals surface area contributed by atoms with Gasteiger partial charge in [0.2, 0.25) is 0 Å². The molecule has 2 rings (SSSR count). The fourth-order valence-corrected chi connectivity index (χ4v) is 1.45. The molecule has 8 heteroatoms. The van der Waals surface area contributed by atoms with Crippen LogP contribution in [0.5, 0.6) is 0 Å². The number of nitrogens with one attached hydrogen (secondary N) is 2. The maximum atomic E-state index is 4.36. The molecule has 0 radical (unpaired) electrons. The molecule has 2 heterocycles. The summed E-state index contributed by atoms with van der Waals surface area (Å²) in [5, 5.41) is 14.8. The second kappa shape index (κ2) is 9.95. The van der Waals surface area contributed by atoms with Gasteiger partial charge in [0.05, 0.1) is 25.0 Å². The van der Waals surface area contributed by atoms with Crippen LogP contribution in [0, 0.1) is 0 Å². The SMILES string of the molecule is C1=NCCN1.CC(C)(C)N=NC(C)(C)C1=NCCN1.Cl.Cl. The lowest BCUT2D eigenvalue weighted by atomic mass is 10.1. The summed E-state index contributed by atoms with van der Waals surface area (Å²) in [5.41, 5.74) is -0.430. The van der Waals surface area contributed by atoms with Crippen molar-refractivity contribution in [1.82, 2.24) is 10.6 Å². The molecule has 0 atom stereocenters. The molecule has 2 aliphatic rings. The van der Waals surface area contributed by atoms with Crippen LogP contribution >= 0.6 is 24.8 Å². The molecule has 0 aliphatic carbocycles. The minimum Gasteiger partial charge on any atom is -0.375 e. The molecule has 124 valence electrons. The monoisotopic (exact) mass is 338 g/mol. The highest BCUT2D eigenvalue weighted by atomic mass is 35.5. The van der Waals surface area contributed by atoms with Gasteiger partial charge in [0.1, 0.15) is 11.4 Å². The van der Waals surface area contributed by atoms with Crippen LogP contribution in [0.2, 0.25) is 0 Å². The third kappa shape index (κ3) is 9.63. The van der Waals surface area contributed by atoms with Gasteiger partial charge in [-0.25, -0.2) is 0 Å². The van der Waals surface area contributed by atoms with Gasteiger partial charge in [-0.3, -0.25) is 9.98 Å². The van der Waals surface area contributed by atoms with Gasteiger partial charge in [0.15, 0.2) is 0 Å².